The maximum atomic E-state index is 12.8. The average molecular weight is 496 g/mol. The first-order chi connectivity index (χ1) is 17.9. The molecule has 4 aliphatic rings. The molecule has 0 bridgehead atoms. The molecule has 1 N–H and O–H groups in total. The van der Waals surface area contributed by atoms with Crippen molar-refractivity contribution in [2.75, 3.05) is 15.1 Å². The zero-order valence-corrected chi connectivity index (χ0v) is 20.0. The van der Waals surface area contributed by atoms with Gasteiger partial charge in [-0.2, -0.15) is 0 Å². The van der Waals surface area contributed by atoms with E-state index in [-0.39, 0.29) is 53.2 Å². The summed E-state index contributed by atoms with van der Waals surface area (Å²) in [6, 6.07) is 13.0. The highest BCUT2D eigenvalue weighted by Crippen LogP contribution is 2.39. The molecule has 6 rings (SSSR count). The number of hydrogen-bond donors (Lipinski definition) is 1. The van der Waals surface area contributed by atoms with E-state index in [1.54, 1.807) is 48.5 Å². The standard InChI is InChI=1S/C29H25N3O5/c33-25(17-9-13-19(14-10-17)31-26(34)21-5-1-2-6-22(21)27(31)35)30-18-11-15-20(16-12-18)32-28(36)23-7-3-4-8-24(23)29(32)37/h1-4,9-16,21-24H,5-8H2,(H,30,33)/t21-,22+,23-,24-/m1/s1. The lowest BCUT2D eigenvalue weighted by Crippen LogP contribution is -2.31. The number of benzene rings is 2. The van der Waals surface area contributed by atoms with Crippen molar-refractivity contribution >= 4 is 46.6 Å². The number of amides is 5. The van der Waals surface area contributed by atoms with Crippen LogP contribution in [0.15, 0.2) is 72.8 Å². The lowest BCUT2D eigenvalue weighted by Gasteiger charge is -2.16. The van der Waals surface area contributed by atoms with Crippen molar-refractivity contribution in [1.82, 2.24) is 0 Å². The number of nitrogens with zero attached hydrogens (tertiary/aromatic N) is 2. The Morgan fingerprint density at radius 3 is 1.30 bits per heavy atom. The Labute approximate surface area is 213 Å². The van der Waals surface area contributed by atoms with Gasteiger partial charge in [-0.25, -0.2) is 0 Å². The Morgan fingerprint density at radius 1 is 0.568 bits per heavy atom. The minimum absolute atomic E-state index is 0.179. The summed E-state index contributed by atoms with van der Waals surface area (Å²) >= 11 is 0. The molecule has 0 spiro atoms. The Hall–Kier alpha value is -4.33. The Morgan fingerprint density at radius 2 is 0.919 bits per heavy atom. The van der Waals surface area contributed by atoms with E-state index in [0.717, 1.165) is 0 Å². The van der Waals surface area contributed by atoms with Gasteiger partial charge in [-0.1, -0.05) is 24.3 Å². The minimum Gasteiger partial charge on any atom is -0.322 e. The van der Waals surface area contributed by atoms with Crippen LogP contribution in [0.1, 0.15) is 36.0 Å². The molecule has 2 saturated heterocycles. The predicted octanol–water partition coefficient (Wildman–Crippen LogP) is 3.85. The number of hydrogen-bond acceptors (Lipinski definition) is 5. The molecular formula is C29H25N3O5. The monoisotopic (exact) mass is 495 g/mol. The summed E-state index contributed by atoms with van der Waals surface area (Å²) in [5.41, 5.74) is 1.83. The molecule has 8 nitrogen and oxygen atoms in total. The molecule has 2 aliphatic heterocycles. The second kappa shape index (κ2) is 8.96. The van der Waals surface area contributed by atoms with E-state index >= 15 is 0 Å². The highest BCUT2D eigenvalue weighted by Gasteiger charge is 2.48. The van der Waals surface area contributed by atoms with Crippen molar-refractivity contribution in [3.05, 3.63) is 78.4 Å². The van der Waals surface area contributed by atoms with Crippen molar-refractivity contribution in [3.63, 3.8) is 0 Å². The van der Waals surface area contributed by atoms with E-state index in [4.69, 9.17) is 0 Å². The maximum absolute atomic E-state index is 12.8. The molecule has 2 heterocycles. The molecule has 186 valence electrons. The summed E-state index contributed by atoms with van der Waals surface area (Å²) in [5.74, 6) is -2.32. The number of imide groups is 2. The molecule has 5 amide bonds. The molecule has 0 saturated carbocycles. The van der Waals surface area contributed by atoms with Gasteiger partial charge in [0.15, 0.2) is 0 Å². The molecular weight excluding hydrogens is 470 g/mol. The third-order valence-electron chi connectivity index (χ3n) is 7.79. The second-order valence-corrected chi connectivity index (χ2v) is 9.88. The normalized spacial score (nSPS) is 26.5. The minimum atomic E-state index is -0.360. The molecule has 0 aromatic heterocycles. The van der Waals surface area contributed by atoms with Crippen LogP contribution in [0.4, 0.5) is 17.1 Å². The van der Waals surface area contributed by atoms with Gasteiger partial charge in [0.05, 0.1) is 35.0 Å². The average Bonchev–Trinajstić information content (AvgIpc) is 3.34. The summed E-state index contributed by atoms with van der Waals surface area (Å²) in [6.45, 7) is 0. The summed E-state index contributed by atoms with van der Waals surface area (Å²) in [6.07, 6.45) is 10.1. The number of anilines is 3. The van der Waals surface area contributed by atoms with Gasteiger partial charge < -0.3 is 5.32 Å². The molecule has 2 aliphatic carbocycles. The lowest BCUT2D eigenvalue weighted by molar-refractivity contribution is -0.124. The van der Waals surface area contributed by atoms with Crippen LogP contribution < -0.4 is 15.1 Å². The molecule has 2 aromatic rings. The number of allylic oxidation sites excluding steroid dienone is 4. The summed E-state index contributed by atoms with van der Waals surface area (Å²) in [5, 5.41) is 2.80. The molecule has 8 heteroatoms. The third-order valence-corrected chi connectivity index (χ3v) is 7.79. The molecule has 2 fully saturated rings. The Bertz CT molecular complexity index is 1320. The topological polar surface area (TPSA) is 104 Å². The molecule has 4 atom stereocenters. The van der Waals surface area contributed by atoms with E-state index in [0.29, 0.717) is 48.3 Å². The van der Waals surface area contributed by atoms with Crippen molar-refractivity contribution in [2.45, 2.75) is 25.7 Å². The van der Waals surface area contributed by atoms with Gasteiger partial charge >= 0.3 is 0 Å². The smallest absolute Gasteiger partial charge is 0.255 e. The lowest BCUT2D eigenvalue weighted by atomic mass is 9.85. The number of carbonyl (C=O) groups excluding carboxylic acids is 5. The van der Waals surface area contributed by atoms with Crippen molar-refractivity contribution in [2.24, 2.45) is 23.7 Å². The van der Waals surface area contributed by atoms with Crippen LogP contribution in [0.3, 0.4) is 0 Å². The number of nitrogens with one attached hydrogen (secondary N) is 1. The first kappa shape index (κ1) is 23.1. The van der Waals surface area contributed by atoms with E-state index in [1.807, 2.05) is 24.3 Å². The van der Waals surface area contributed by atoms with Crippen LogP contribution in [0.25, 0.3) is 0 Å². The van der Waals surface area contributed by atoms with Crippen LogP contribution >= 0.6 is 0 Å². The Kier molecular flexibility index (Phi) is 5.59. The van der Waals surface area contributed by atoms with E-state index in [1.165, 1.54) is 9.80 Å². The van der Waals surface area contributed by atoms with Crippen molar-refractivity contribution < 1.29 is 24.0 Å². The van der Waals surface area contributed by atoms with Crippen LogP contribution in [0.5, 0.6) is 0 Å². The van der Waals surface area contributed by atoms with Crippen LogP contribution in [0.2, 0.25) is 0 Å². The number of carbonyl (C=O) groups is 5. The van der Waals surface area contributed by atoms with Gasteiger partial charge in [-0.05, 0) is 74.2 Å². The van der Waals surface area contributed by atoms with E-state index in [9.17, 15) is 24.0 Å². The zero-order valence-electron chi connectivity index (χ0n) is 20.0. The third kappa shape index (κ3) is 3.80. The van der Waals surface area contributed by atoms with E-state index in [2.05, 4.69) is 5.32 Å². The first-order valence-electron chi connectivity index (χ1n) is 12.5. The fourth-order valence-corrected chi connectivity index (χ4v) is 5.77. The molecule has 37 heavy (non-hydrogen) atoms. The number of fused-ring (bicyclic) bond motifs is 2. The summed E-state index contributed by atoms with van der Waals surface area (Å²) < 4.78 is 0. The largest absolute Gasteiger partial charge is 0.322 e. The van der Waals surface area contributed by atoms with E-state index < -0.39 is 0 Å². The van der Waals surface area contributed by atoms with Crippen molar-refractivity contribution in [1.29, 1.82) is 0 Å². The predicted molar refractivity (Wildman–Crippen MR) is 137 cm³/mol. The summed E-state index contributed by atoms with van der Waals surface area (Å²) in [4.78, 5) is 66.4. The van der Waals surface area contributed by atoms with Crippen LogP contribution in [0, 0.1) is 23.7 Å². The van der Waals surface area contributed by atoms with Crippen LogP contribution in [-0.4, -0.2) is 29.5 Å². The summed E-state index contributed by atoms with van der Waals surface area (Å²) in [7, 11) is 0. The molecule has 0 radical (unpaired) electrons. The van der Waals surface area contributed by atoms with Crippen molar-refractivity contribution in [3.8, 4) is 0 Å². The van der Waals surface area contributed by atoms with Crippen LogP contribution in [-0.2, 0) is 19.2 Å². The first-order valence-corrected chi connectivity index (χ1v) is 12.5. The van der Waals surface area contributed by atoms with Gasteiger partial charge in [-0.3, -0.25) is 33.8 Å². The molecule has 2 aromatic carbocycles. The quantitative estimate of drug-likeness (QED) is 0.513. The van der Waals surface area contributed by atoms with Gasteiger partial charge in [-0.15, -0.1) is 0 Å². The second-order valence-electron chi connectivity index (χ2n) is 9.88. The van der Waals surface area contributed by atoms with Gasteiger partial charge in [0, 0.05) is 11.3 Å². The fraction of sp³-hybridized carbons (Fsp3) is 0.276. The van der Waals surface area contributed by atoms with Gasteiger partial charge in [0.25, 0.3) is 5.91 Å². The van der Waals surface area contributed by atoms with Gasteiger partial charge in [0.1, 0.15) is 0 Å². The number of rotatable bonds is 4. The maximum Gasteiger partial charge on any atom is 0.255 e. The van der Waals surface area contributed by atoms with Gasteiger partial charge in [0.2, 0.25) is 23.6 Å². The molecule has 0 unspecified atom stereocenters. The Balaban J connectivity index is 1.13. The SMILES string of the molecule is O=C(Nc1ccc(N2C(=O)[C@@H]3CC=CC[C@H]3C2=O)cc1)c1ccc(N2C(=O)[C@H]3CC=CC[C@H]3C2=O)cc1. The highest BCUT2D eigenvalue weighted by molar-refractivity contribution is 6.23. The zero-order chi connectivity index (χ0) is 25.7. The fourth-order valence-electron chi connectivity index (χ4n) is 5.77. The highest BCUT2D eigenvalue weighted by atomic mass is 16.2.